The lowest BCUT2D eigenvalue weighted by molar-refractivity contribution is 0.198. The summed E-state index contributed by atoms with van der Waals surface area (Å²) in [5.74, 6) is 1.62. The zero-order chi connectivity index (χ0) is 12.8. The van der Waals surface area contributed by atoms with E-state index in [1.54, 1.807) is 0 Å². The second-order valence-electron chi connectivity index (χ2n) is 6.59. The maximum Gasteiger partial charge on any atom is 0.00966 e. The van der Waals surface area contributed by atoms with E-state index in [0.29, 0.717) is 6.04 Å². The molecular formula is C15H32N2. The minimum Gasteiger partial charge on any atom is -0.328 e. The van der Waals surface area contributed by atoms with Gasteiger partial charge in [-0.1, -0.05) is 27.2 Å². The molecule has 1 aliphatic carbocycles. The zero-order valence-corrected chi connectivity index (χ0v) is 12.3. The average molecular weight is 240 g/mol. The van der Waals surface area contributed by atoms with E-state index in [1.165, 1.54) is 45.2 Å². The monoisotopic (exact) mass is 240 g/mol. The highest BCUT2D eigenvalue weighted by molar-refractivity contribution is 4.85. The molecular weight excluding hydrogens is 208 g/mol. The van der Waals surface area contributed by atoms with Crippen LogP contribution in [0.1, 0.15) is 59.8 Å². The van der Waals surface area contributed by atoms with Crippen LogP contribution in [0.15, 0.2) is 0 Å². The van der Waals surface area contributed by atoms with Gasteiger partial charge in [-0.15, -0.1) is 0 Å². The summed E-state index contributed by atoms with van der Waals surface area (Å²) >= 11 is 0. The first-order chi connectivity index (χ1) is 7.99. The van der Waals surface area contributed by atoms with Crippen molar-refractivity contribution in [2.75, 3.05) is 13.1 Å². The van der Waals surface area contributed by atoms with E-state index in [2.05, 4.69) is 32.6 Å². The van der Waals surface area contributed by atoms with Crippen molar-refractivity contribution in [1.82, 2.24) is 4.90 Å². The molecule has 1 fully saturated rings. The maximum atomic E-state index is 5.79. The SMILES string of the molecule is CC(C)CN(CC(C)CCCC(C)N)C1CC1. The summed E-state index contributed by atoms with van der Waals surface area (Å²) in [6, 6.07) is 1.28. The molecule has 0 aromatic carbocycles. The summed E-state index contributed by atoms with van der Waals surface area (Å²) in [5, 5.41) is 0. The molecule has 2 unspecified atom stereocenters. The van der Waals surface area contributed by atoms with Crippen molar-refractivity contribution in [2.24, 2.45) is 17.6 Å². The van der Waals surface area contributed by atoms with Gasteiger partial charge in [0.25, 0.3) is 0 Å². The highest BCUT2D eigenvalue weighted by atomic mass is 15.2. The van der Waals surface area contributed by atoms with Crippen LogP contribution in [0.3, 0.4) is 0 Å². The van der Waals surface area contributed by atoms with Gasteiger partial charge in [0.2, 0.25) is 0 Å². The third-order valence-electron chi connectivity index (χ3n) is 3.57. The molecule has 0 aliphatic heterocycles. The van der Waals surface area contributed by atoms with Crippen molar-refractivity contribution in [3.8, 4) is 0 Å². The summed E-state index contributed by atoms with van der Waals surface area (Å²) in [6.07, 6.45) is 6.67. The van der Waals surface area contributed by atoms with Crippen LogP contribution >= 0.6 is 0 Å². The van der Waals surface area contributed by atoms with Crippen LogP contribution in [0.5, 0.6) is 0 Å². The third-order valence-corrected chi connectivity index (χ3v) is 3.57. The molecule has 0 radical (unpaired) electrons. The average Bonchev–Trinajstić information content (AvgIpc) is 2.98. The zero-order valence-electron chi connectivity index (χ0n) is 12.3. The summed E-state index contributed by atoms with van der Waals surface area (Å²) in [7, 11) is 0. The number of hydrogen-bond donors (Lipinski definition) is 1. The van der Waals surface area contributed by atoms with Crippen LogP contribution < -0.4 is 5.73 Å². The normalized spacial score (nSPS) is 19.9. The molecule has 2 N–H and O–H groups in total. The Morgan fingerprint density at radius 2 is 1.71 bits per heavy atom. The Morgan fingerprint density at radius 1 is 1.06 bits per heavy atom. The van der Waals surface area contributed by atoms with Gasteiger partial charge in [-0.25, -0.2) is 0 Å². The van der Waals surface area contributed by atoms with Crippen LogP contribution in [0.25, 0.3) is 0 Å². The fraction of sp³-hybridized carbons (Fsp3) is 1.00. The van der Waals surface area contributed by atoms with E-state index in [9.17, 15) is 0 Å². The van der Waals surface area contributed by atoms with E-state index >= 15 is 0 Å². The fourth-order valence-corrected chi connectivity index (χ4v) is 2.56. The first-order valence-electron chi connectivity index (χ1n) is 7.48. The smallest absolute Gasteiger partial charge is 0.00966 e. The molecule has 0 amide bonds. The molecule has 0 aromatic heterocycles. The van der Waals surface area contributed by atoms with Gasteiger partial charge in [-0.2, -0.15) is 0 Å². The Balaban J connectivity index is 2.19. The predicted octanol–water partition coefficient (Wildman–Crippen LogP) is 3.26. The predicted molar refractivity (Wildman–Crippen MR) is 76.1 cm³/mol. The lowest BCUT2D eigenvalue weighted by Crippen LogP contribution is -2.34. The van der Waals surface area contributed by atoms with Crippen molar-refractivity contribution in [2.45, 2.75) is 71.9 Å². The van der Waals surface area contributed by atoms with E-state index in [0.717, 1.165) is 17.9 Å². The molecule has 1 rings (SSSR count). The summed E-state index contributed by atoms with van der Waals surface area (Å²) in [4.78, 5) is 2.72. The lowest BCUT2D eigenvalue weighted by atomic mass is 10.0. The Labute approximate surface area is 108 Å². The van der Waals surface area contributed by atoms with Crippen LogP contribution in [-0.2, 0) is 0 Å². The van der Waals surface area contributed by atoms with Crippen molar-refractivity contribution in [1.29, 1.82) is 0 Å². The maximum absolute atomic E-state index is 5.79. The van der Waals surface area contributed by atoms with Gasteiger partial charge in [0.05, 0.1) is 0 Å². The molecule has 0 aromatic rings. The third kappa shape index (κ3) is 7.05. The molecule has 1 saturated carbocycles. The molecule has 0 bridgehead atoms. The Hall–Kier alpha value is -0.0800. The van der Waals surface area contributed by atoms with Crippen LogP contribution in [0.2, 0.25) is 0 Å². The fourth-order valence-electron chi connectivity index (χ4n) is 2.56. The Kier molecular flexibility index (Phi) is 6.50. The van der Waals surface area contributed by atoms with Gasteiger partial charge >= 0.3 is 0 Å². The van der Waals surface area contributed by atoms with Crippen LogP contribution in [0, 0.1) is 11.8 Å². The number of nitrogens with zero attached hydrogens (tertiary/aromatic N) is 1. The van der Waals surface area contributed by atoms with Gasteiger partial charge in [-0.05, 0) is 44.4 Å². The molecule has 2 atom stereocenters. The van der Waals surface area contributed by atoms with Crippen molar-refractivity contribution in [3.63, 3.8) is 0 Å². The van der Waals surface area contributed by atoms with Crippen LogP contribution in [-0.4, -0.2) is 30.1 Å². The minimum absolute atomic E-state index is 0.373. The molecule has 17 heavy (non-hydrogen) atoms. The number of rotatable bonds is 9. The van der Waals surface area contributed by atoms with E-state index in [1.807, 2.05) is 0 Å². The van der Waals surface area contributed by atoms with Gasteiger partial charge in [-0.3, -0.25) is 4.90 Å². The summed E-state index contributed by atoms with van der Waals surface area (Å²) in [5.41, 5.74) is 5.79. The molecule has 0 heterocycles. The van der Waals surface area contributed by atoms with E-state index in [-0.39, 0.29) is 0 Å². The largest absolute Gasteiger partial charge is 0.328 e. The first kappa shape index (κ1) is 15.0. The highest BCUT2D eigenvalue weighted by Gasteiger charge is 2.29. The Bertz CT molecular complexity index is 197. The lowest BCUT2D eigenvalue weighted by Gasteiger charge is -2.27. The summed E-state index contributed by atoms with van der Waals surface area (Å²) < 4.78 is 0. The quantitative estimate of drug-likeness (QED) is 0.670. The molecule has 2 heteroatoms. The standard InChI is InChI=1S/C15H32N2/c1-12(2)10-17(15-8-9-15)11-13(3)6-5-7-14(4)16/h12-15H,5-11,16H2,1-4H3. The van der Waals surface area contributed by atoms with Gasteiger partial charge in [0.1, 0.15) is 0 Å². The molecule has 0 saturated heterocycles. The molecule has 2 nitrogen and oxygen atoms in total. The Morgan fingerprint density at radius 3 is 2.18 bits per heavy atom. The highest BCUT2D eigenvalue weighted by Crippen LogP contribution is 2.28. The van der Waals surface area contributed by atoms with Gasteiger partial charge < -0.3 is 5.73 Å². The summed E-state index contributed by atoms with van der Waals surface area (Å²) in [6.45, 7) is 11.7. The molecule has 102 valence electrons. The van der Waals surface area contributed by atoms with Gasteiger partial charge in [0, 0.05) is 25.2 Å². The van der Waals surface area contributed by atoms with E-state index in [4.69, 9.17) is 5.73 Å². The second-order valence-corrected chi connectivity index (χ2v) is 6.59. The topological polar surface area (TPSA) is 29.3 Å². The molecule has 1 aliphatic rings. The van der Waals surface area contributed by atoms with Crippen molar-refractivity contribution >= 4 is 0 Å². The molecule has 0 spiro atoms. The first-order valence-corrected chi connectivity index (χ1v) is 7.48. The minimum atomic E-state index is 0.373. The second kappa shape index (κ2) is 7.38. The van der Waals surface area contributed by atoms with E-state index < -0.39 is 0 Å². The van der Waals surface area contributed by atoms with Gasteiger partial charge in [0.15, 0.2) is 0 Å². The van der Waals surface area contributed by atoms with Crippen molar-refractivity contribution < 1.29 is 0 Å². The van der Waals surface area contributed by atoms with Crippen LogP contribution in [0.4, 0.5) is 0 Å². The number of hydrogen-bond acceptors (Lipinski definition) is 2. The number of nitrogens with two attached hydrogens (primary N) is 1. The van der Waals surface area contributed by atoms with Crippen molar-refractivity contribution in [3.05, 3.63) is 0 Å².